The molecule has 1 aliphatic heterocycles. The first-order valence-electron chi connectivity index (χ1n) is 9.36. The number of methoxy groups -OCH3 is 2. The van der Waals surface area contributed by atoms with Crippen LogP contribution in [-0.4, -0.2) is 30.1 Å². The van der Waals surface area contributed by atoms with Crippen LogP contribution in [0.5, 0.6) is 11.5 Å². The van der Waals surface area contributed by atoms with Crippen LogP contribution in [0.4, 0.5) is 5.69 Å². The summed E-state index contributed by atoms with van der Waals surface area (Å²) >= 11 is 0. The molecule has 1 saturated carbocycles. The molecule has 2 aliphatic rings. The SMILES string of the molecule is COc1ccc(OC)c(-c2cccc3c(N)c4c(nc23)CN(C2CC2)C4)c1. The number of nitrogens with zero attached hydrogens (tertiary/aromatic N) is 2. The van der Waals surface area contributed by atoms with Gasteiger partial charge in [0.15, 0.2) is 0 Å². The molecule has 0 unspecified atom stereocenters. The van der Waals surface area contributed by atoms with Crippen LogP contribution in [0.15, 0.2) is 36.4 Å². The highest BCUT2D eigenvalue weighted by atomic mass is 16.5. The molecule has 1 aliphatic carbocycles. The van der Waals surface area contributed by atoms with E-state index in [0.717, 1.165) is 58.0 Å². The predicted octanol–water partition coefficient (Wildman–Crippen LogP) is 3.98. The van der Waals surface area contributed by atoms with E-state index in [-0.39, 0.29) is 0 Å². The monoisotopic (exact) mass is 361 g/mol. The number of fused-ring (bicyclic) bond motifs is 2. The Hall–Kier alpha value is -2.79. The van der Waals surface area contributed by atoms with E-state index in [4.69, 9.17) is 20.2 Å². The fourth-order valence-electron chi connectivity index (χ4n) is 4.10. The van der Waals surface area contributed by atoms with Gasteiger partial charge in [-0.05, 0) is 31.0 Å². The van der Waals surface area contributed by atoms with Crippen LogP contribution in [0.3, 0.4) is 0 Å². The van der Waals surface area contributed by atoms with E-state index in [1.807, 2.05) is 24.3 Å². The van der Waals surface area contributed by atoms with Gasteiger partial charge in [-0.1, -0.05) is 18.2 Å². The number of ether oxygens (including phenoxy) is 2. The molecule has 2 heterocycles. The van der Waals surface area contributed by atoms with Gasteiger partial charge in [-0.15, -0.1) is 0 Å². The summed E-state index contributed by atoms with van der Waals surface area (Å²) in [5, 5.41) is 1.01. The van der Waals surface area contributed by atoms with Gasteiger partial charge in [-0.3, -0.25) is 9.88 Å². The van der Waals surface area contributed by atoms with Crippen LogP contribution in [0, 0.1) is 0 Å². The molecule has 27 heavy (non-hydrogen) atoms. The van der Waals surface area contributed by atoms with E-state index in [9.17, 15) is 0 Å². The van der Waals surface area contributed by atoms with Crippen molar-refractivity contribution in [2.24, 2.45) is 0 Å². The number of nitrogen functional groups attached to an aromatic ring is 1. The van der Waals surface area contributed by atoms with E-state index in [0.29, 0.717) is 6.04 Å². The Bertz CT molecular complexity index is 1040. The fraction of sp³-hybridized carbons (Fsp3) is 0.318. The third kappa shape index (κ3) is 2.61. The van der Waals surface area contributed by atoms with E-state index in [2.05, 4.69) is 17.0 Å². The van der Waals surface area contributed by atoms with Crippen molar-refractivity contribution >= 4 is 16.6 Å². The van der Waals surface area contributed by atoms with Crippen molar-refractivity contribution in [3.63, 3.8) is 0 Å². The van der Waals surface area contributed by atoms with Gasteiger partial charge < -0.3 is 15.2 Å². The Labute approximate surface area is 158 Å². The van der Waals surface area contributed by atoms with Gasteiger partial charge >= 0.3 is 0 Å². The maximum atomic E-state index is 6.60. The molecule has 1 aromatic heterocycles. The van der Waals surface area contributed by atoms with Crippen molar-refractivity contribution in [3.8, 4) is 22.6 Å². The first kappa shape index (κ1) is 16.4. The van der Waals surface area contributed by atoms with Crippen molar-refractivity contribution in [3.05, 3.63) is 47.7 Å². The molecular formula is C22H23N3O2. The summed E-state index contributed by atoms with van der Waals surface area (Å²) in [7, 11) is 3.35. The minimum Gasteiger partial charge on any atom is -0.497 e. The third-order valence-corrected chi connectivity index (χ3v) is 5.72. The zero-order chi connectivity index (χ0) is 18.5. The lowest BCUT2D eigenvalue weighted by atomic mass is 9.98. The summed E-state index contributed by atoms with van der Waals surface area (Å²) in [4.78, 5) is 7.56. The number of nitrogens with two attached hydrogens (primary N) is 1. The molecule has 2 N–H and O–H groups in total. The molecule has 0 amide bonds. The van der Waals surface area contributed by atoms with Crippen molar-refractivity contribution in [1.29, 1.82) is 0 Å². The van der Waals surface area contributed by atoms with E-state index in [1.165, 1.54) is 18.4 Å². The molecule has 0 saturated heterocycles. The molecule has 0 atom stereocenters. The topological polar surface area (TPSA) is 60.6 Å². The highest BCUT2D eigenvalue weighted by Crippen LogP contribution is 2.42. The lowest BCUT2D eigenvalue weighted by Gasteiger charge is -2.14. The van der Waals surface area contributed by atoms with Crippen LogP contribution in [0.2, 0.25) is 0 Å². The molecule has 138 valence electrons. The number of para-hydroxylation sites is 1. The van der Waals surface area contributed by atoms with Crippen molar-refractivity contribution in [2.75, 3.05) is 20.0 Å². The summed E-state index contributed by atoms with van der Waals surface area (Å²) in [5.41, 5.74) is 12.7. The highest BCUT2D eigenvalue weighted by molar-refractivity contribution is 6.02. The number of anilines is 1. The zero-order valence-corrected chi connectivity index (χ0v) is 15.7. The third-order valence-electron chi connectivity index (χ3n) is 5.72. The first-order chi connectivity index (χ1) is 13.2. The zero-order valence-electron chi connectivity index (χ0n) is 15.7. The molecular weight excluding hydrogens is 338 g/mol. The molecule has 5 nitrogen and oxygen atoms in total. The normalized spacial score (nSPS) is 16.5. The average molecular weight is 361 g/mol. The second kappa shape index (κ2) is 6.13. The number of pyridine rings is 1. The smallest absolute Gasteiger partial charge is 0.127 e. The predicted molar refractivity (Wildman–Crippen MR) is 107 cm³/mol. The van der Waals surface area contributed by atoms with Crippen molar-refractivity contribution in [2.45, 2.75) is 32.0 Å². The van der Waals surface area contributed by atoms with Crippen molar-refractivity contribution in [1.82, 2.24) is 9.88 Å². The molecule has 0 radical (unpaired) electrons. The minimum absolute atomic E-state index is 0.708. The molecule has 0 bridgehead atoms. The first-order valence-corrected chi connectivity index (χ1v) is 9.36. The number of aromatic nitrogens is 1. The molecule has 5 rings (SSSR count). The molecule has 3 aromatic rings. The highest BCUT2D eigenvalue weighted by Gasteiger charge is 2.35. The Kier molecular flexibility index (Phi) is 3.72. The van der Waals surface area contributed by atoms with Gasteiger partial charge in [-0.25, -0.2) is 0 Å². The van der Waals surface area contributed by atoms with Gasteiger partial charge in [0, 0.05) is 46.9 Å². The molecule has 1 fully saturated rings. The van der Waals surface area contributed by atoms with Crippen LogP contribution >= 0.6 is 0 Å². The molecule has 5 heteroatoms. The number of rotatable bonds is 4. The van der Waals surface area contributed by atoms with Crippen molar-refractivity contribution < 1.29 is 9.47 Å². The van der Waals surface area contributed by atoms with Gasteiger partial charge in [0.1, 0.15) is 11.5 Å². The van der Waals surface area contributed by atoms with E-state index in [1.54, 1.807) is 14.2 Å². The molecule has 0 spiro atoms. The Morgan fingerprint density at radius 1 is 1.04 bits per heavy atom. The lowest BCUT2D eigenvalue weighted by molar-refractivity contribution is 0.272. The Morgan fingerprint density at radius 2 is 1.89 bits per heavy atom. The van der Waals surface area contributed by atoms with Gasteiger partial charge in [0.05, 0.1) is 25.4 Å². The van der Waals surface area contributed by atoms with Crippen LogP contribution < -0.4 is 15.2 Å². The Balaban J connectivity index is 1.71. The largest absolute Gasteiger partial charge is 0.497 e. The second-order valence-electron chi connectivity index (χ2n) is 7.35. The summed E-state index contributed by atoms with van der Waals surface area (Å²) in [6.07, 6.45) is 2.58. The van der Waals surface area contributed by atoms with Gasteiger partial charge in [0.25, 0.3) is 0 Å². The quantitative estimate of drug-likeness (QED) is 0.762. The summed E-state index contributed by atoms with van der Waals surface area (Å²) in [6.45, 7) is 1.81. The standard InChI is InChI=1S/C22H23N3O2/c1-26-14-8-9-20(27-2)17(10-14)15-4-3-5-16-21(23)18-11-25(13-6-7-13)12-19(18)24-22(15)16/h3-5,8-10,13H,6-7,11-12H2,1-2H3,(H2,23,24). The van der Waals surface area contributed by atoms with Crippen LogP contribution in [0.1, 0.15) is 24.1 Å². The number of hydrogen-bond donors (Lipinski definition) is 1. The van der Waals surface area contributed by atoms with E-state index >= 15 is 0 Å². The summed E-state index contributed by atoms with van der Waals surface area (Å²) < 4.78 is 11.0. The van der Waals surface area contributed by atoms with Gasteiger partial charge in [0.2, 0.25) is 0 Å². The minimum atomic E-state index is 0.708. The fourth-order valence-corrected chi connectivity index (χ4v) is 4.10. The van der Waals surface area contributed by atoms with Crippen LogP contribution in [0.25, 0.3) is 22.0 Å². The van der Waals surface area contributed by atoms with Gasteiger partial charge in [-0.2, -0.15) is 0 Å². The molecule has 2 aromatic carbocycles. The second-order valence-corrected chi connectivity index (χ2v) is 7.35. The maximum Gasteiger partial charge on any atom is 0.127 e. The number of benzene rings is 2. The Morgan fingerprint density at radius 3 is 2.63 bits per heavy atom. The number of hydrogen-bond acceptors (Lipinski definition) is 5. The summed E-state index contributed by atoms with van der Waals surface area (Å²) in [6, 6.07) is 12.7. The van der Waals surface area contributed by atoms with E-state index < -0.39 is 0 Å². The average Bonchev–Trinajstić information content (AvgIpc) is 3.47. The van der Waals surface area contributed by atoms with Crippen LogP contribution in [-0.2, 0) is 13.1 Å². The maximum absolute atomic E-state index is 6.60. The summed E-state index contributed by atoms with van der Waals surface area (Å²) in [5.74, 6) is 1.58. The lowest BCUT2D eigenvalue weighted by Crippen LogP contribution is -2.18.